The van der Waals surface area contributed by atoms with E-state index in [1.807, 2.05) is 19.1 Å². The van der Waals surface area contributed by atoms with E-state index >= 15 is 0 Å². The van der Waals surface area contributed by atoms with Gasteiger partial charge in [0.25, 0.3) is 0 Å². The summed E-state index contributed by atoms with van der Waals surface area (Å²) >= 11 is 0. The third-order valence-electron chi connectivity index (χ3n) is 2.30. The van der Waals surface area contributed by atoms with Crippen molar-refractivity contribution in [3.8, 4) is 0 Å². The molecule has 0 bridgehead atoms. The number of carbonyl (C=O) groups is 1. The van der Waals surface area contributed by atoms with E-state index in [-0.39, 0.29) is 5.91 Å². The molecule has 0 unspecified atom stereocenters. The summed E-state index contributed by atoms with van der Waals surface area (Å²) in [4.78, 5) is 14.7. The molecule has 0 saturated carbocycles. The first kappa shape index (κ1) is 13.3. The molecule has 0 aliphatic rings. The Bertz CT molecular complexity index is 354. The number of pyridine rings is 1. The van der Waals surface area contributed by atoms with E-state index in [0.29, 0.717) is 6.42 Å². The van der Waals surface area contributed by atoms with Gasteiger partial charge in [0.05, 0.1) is 0 Å². The van der Waals surface area contributed by atoms with Gasteiger partial charge in [0.15, 0.2) is 0 Å². The summed E-state index contributed by atoms with van der Waals surface area (Å²) in [5.74, 6) is 0.637. The second-order valence-electron chi connectivity index (χ2n) is 3.81. The molecule has 0 aliphatic carbocycles. The van der Waals surface area contributed by atoms with Gasteiger partial charge in [-0.15, -0.1) is 0 Å². The minimum atomic E-state index is -0.233. The lowest BCUT2D eigenvalue weighted by molar-refractivity contribution is -0.118. The van der Waals surface area contributed by atoms with Crippen molar-refractivity contribution >= 4 is 17.4 Å². The molecule has 1 rings (SSSR count). The molecule has 0 saturated heterocycles. The van der Waals surface area contributed by atoms with Crippen molar-refractivity contribution in [2.75, 3.05) is 23.7 Å². The zero-order valence-electron chi connectivity index (χ0n) is 10.2. The fourth-order valence-electron chi connectivity index (χ4n) is 1.48. The van der Waals surface area contributed by atoms with Crippen LogP contribution in [0, 0.1) is 0 Å². The highest BCUT2D eigenvalue weighted by molar-refractivity contribution is 5.73. The molecule has 94 valence electrons. The molecule has 5 heteroatoms. The normalized spacial score (nSPS) is 9.94. The summed E-state index contributed by atoms with van der Waals surface area (Å²) < 4.78 is 0. The van der Waals surface area contributed by atoms with E-state index in [2.05, 4.69) is 15.6 Å². The first-order valence-electron chi connectivity index (χ1n) is 5.94. The Morgan fingerprint density at radius 2 is 2.24 bits per heavy atom. The maximum absolute atomic E-state index is 10.5. The predicted octanol–water partition coefficient (Wildman–Crippen LogP) is 1.58. The van der Waals surface area contributed by atoms with Gasteiger partial charge in [-0.25, -0.2) is 4.98 Å². The Balaban J connectivity index is 2.26. The molecule has 4 N–H and O–H groups in total. The summed E-state index contributed by atoms with van der Waals surface area (Å²) in [5, 5.41) is 6.44. The second kappa shape index (κ2) is 7.49. The number of rotatable bonds is 8. The van der Waals surface area contributed by atoms with Gasteiger partial charge in [-0.3, -0.25) is 4.79 Å². The van der Waals surface area contributed by atoms with Gasteiger partial charge in [-0.2, -0.15) is 0 Å². The molecule has 0 fully saturated rings. The first-order chi connectivity index (χ1) is 8.22. The summed E-state index contributed by atoms with van der Waals surface area (Å²) in [6.45, 7) is 3.73. The van der Waals surface area contributed by atoms with Gasteiger partial charge < -0.3 is 16.4 Å². The highest BCUT2D eigenvalue weighted by atomic mass is 16.1. The molecule has 0 aliphatic heterocycles. The van der Waals surface area contributed by atoms with Crippen LogP contribution in [0.15, 0.2) is 18.3 Å². The fourth-order valence-corrected chi connectivity index (χ4v) is 1.48. The lowest BCUT2D eigenvalue weighted by Crippen LogP contribution is -2.11. The number of carbonyl (C=O) groups excluding carboxylic acids is 1. The number of nitrogens with two attached hydrogens (primary N) is 1. The van der Waals surface area contributed by atoms with E-state index in [0.717, 1.165) is 37.4 Å². The SMILES string of the molecule is CCNc1cc(NCCCCC(N)=O)ccn1. The average Bonchev–Trinajstić information content (AvgIpc) is 2.29. The first-order valence-corrected chi connectivity index (χ1v) is 5.94. The van der Waals surface area contributed by atoms with Crippen LogP contribution in [-0.2, 0) is 4.79 Å². The largest absolute Gasteiger partial charge is 0.385 e. The Morgan fingerprint density at radius 3 is 2.94 bits per heavy atom. The number of nitrogens with zero attached hydrogens (tertiary/aromatic N) is 1. The molecule has 1 heterocycles. The third kappa shape index (κ3) is 5.75. The van der Waals surface area contributed by atoms with E-state index < -0.39 is 0 Å². The van der Waals surface area contributed by atoms with Crippen LogP contribution in [0.4, 0.5) is 11.5 Å². The van der Waals surface area contributed by atoms with Gasteiger partial charge in [0.2, 0.25) is 5.91 Å². The Labute approximate surface area is 102 Å². The van der Waals surface area contributed by atoms with Crippen LogP contribution in [0.2, 0.25) is 0 Å². The van der Waals surface area contributed by atoms with Gasteiger partial charge in [0, 0.05) is 37.5 Å². The van der Waals surface area contributed by atoms with E-state index in [1.165, 1.54) is 0 Å². The molecule has 5 nitrogen and oxygen atoms in total. The summed E-state index contributed by atoms with van der Waals surface area (Å²) in [5.41, 5.74) is 6.10. The molecule has 1 aromatic rings. The number of amides is 1. The van der Waals surface area contributed by atoms with Crippen LogP contribution in [0.3, 0.4) is 0 Å². The van der Waals surface area contributed by atoms with Crippen molar-refractivity contribution in [3.63, 3.8) is 0 Å². The number of unbranched alkanes of at least 4 members (excludes halogenated alkanes) is 1. The van der Waals surface area contributed by atoms with Crippen LogP contribution in [0.5, 0.6) is 0 Å². The highest BCUT2D eigenvalue weighted by Crippen LogP contribution is 2.11. The Kier molecular flexibility index (Phi) is 5.85. The van der Waals surface area contributed by atoms with Crippen LogP contribution in [0.1, 0.15) is 26.2 Å². The number of hydrogen-bond donors (Lipinski definition) is 3. The fraction of sp³-hybridized carbons (Fsp3) is 0.500. The van der Waals surface area contributed by atoms with Crippen molar-refractivity contribution in [1.82, 2.24) is 4.98 Å². The second-order valence-corrected chi connectivity index (χ2v) is 3.81. The molecule has 0 radical (unpaired) electrons. The number of nitrogens with one attached hydrogen (secondary N) is 2. The smallest absolute Gasteiger partial charge is 0.217 e. The topological polar surface area (TPSA) is 80.0 Å². The number of anilines is 2. The molecule has 1 aromatic heterocycles. The molecule has 17 heavy (non-hydrogen) atoms. The van der Waals surface area contributed by atoms with Gasteiger partial charge in [0.1, 0.15) is 5.82 Å². The molecule has 0 aromatic carbocycles. The molecule has 0 atom stereocenters. The number of hydrogen-bond acceptors (Lipinski definition) is 4. The monoisotopic (exact) mass is 236 g/mol. The number of primary amides is 1. The highest BCUT2D eigenvalue weighted by Gasteiger charge is 1.97. The molecular weight excluding hydrogens is 216 g/mol. The lowest BCUT2D eigenvalue weighted by Gasteiger charge is -2.08. The van der Waals surface area contributed by atoms with Gasteiger partial charge in [-0.05, 0) is 25.8 Å². The summed E-state index contributed by atoms with van der Waals surface area (Å²) in [6, 6.07) is 3.90. The van der Waals surface area contributed by atoms with Crippen molar-refractivity contribution in [2.45, 2.75) is 26.2 Å². The number of aromatic nitrogens is 1. The third-order valence-corrected chi connectivity index (χ3v) is 2.30. The maximum atomic E-state index is 10.5. The van der Waals surface area contributed by atoms with Crippen molar-refractivity contribution in [3.05, 3.63) is 18.3 Å². The van der Waals surface area contributed by atoms with Crippen LogP contribution >= 0.6 is 0 Å². The minimum absolute atomic E-state index is 0.233. The van der Waals surface area contributed by atoms with Crippen LogP contribution in [-0.4, -0.2) is 24.0 Å². The standard InChI is InChI=1S/C12H20N4O/c1-2-14-12-9-10(6-8-16-12)15-7-4-3-5-11(13)17/h6,8-9H,2-5,7H2,1H3,(H2,13,17)(H2,14,15,16). The Hall–Kier alpha value is -1.78. The van der Waals surface area contributed by atoms with Crippen molar-refractivity contribution in [2.24, 2.45) is 5.73 Å². The van der Waals surface area contributed by atoms with Crippen molar-refractivity contribution in [1.29, 1.82) is 0 Å². The summed E-state index contributed by atoms with van der Waals surface area (Å²) in [6.07, 6.45) is 3.99. The van der Waals surface area contributed by atoms with E-state index in [4.69, 9.17) is 5.73 Å². The van der Waals surface area contributed by atoms with Crippen LogP contribution < -0.4 is 16.4 Å². The van der Waals surface area contributed by atoms with Crippen LogP contribution in [0.25, 0.3) is 0 Å². The molecule has 1 amide bonds. The van der Waals surface area contributed by atoms with Gasteiger partial charge in [-0.1, -0.05) is 0 Å². The Morgan fingerprint density at radius 1 is 1.41 bits per heavy atom. The quantitative estimate of drug-likeness (QED) is 0.599. The maximum Gasteiger partial charge on any atom is 0.217 e. The zero-order valence-corrected chi connectivity index (χ0v) is 10.2. The zero-order chi connectivity index (χ0) is 12.5. The minimum Gasteiger partial charge on any atom is -0.385 e. The van der Waals surface area contributed by atoms with Crippen molar-refractivity contribution < 1.29 is 4.79 Å². The van der Waals surface area contributed by atoms with Gasteiger partial charge >= 0.3 is 0 Å². The summed E-state index contributed by atoms with van der Waals surface area (Å²) in [7, 11) is 0. The van der Waals surface area contributed by atoms with E-state index in [1.54, 1.807) is 6.20 Å². The molecule has 0 spiro atoms. The lowest BCUT2D eigenvalue weighted by atomic mass is 10.2. The molecular formula is C12H20N4O. The predicted molar refractivity (Wildman–Crippen MR) is 69.9 cm³/mol. The average molecular weight is 236 g/mol. The van der Waals surface area contributed by atoms with E-state index in [9.17, 15) is 4.79 Å².